The molecule has 230 valence electrons. The molecule has 1 aromatic heterocycles. The zero-order valence-corrected chi connectivity index (χ0v) is 24.0. The number of benzene rings is 2. The number of phenols is 1. The highest BCUT2D eigenvalue weighted by Crippen LogP contribution is 2.19. The van der Waals surface area contributed by atoms with Gasteiger partial charge in [0, 0.05) is 36.4 Å². The minimum atomic E-state index is -1.35. The van der Waals surface area contributed by atoms with Crippen LogP contribution in [0.5, 0.6) is 5.75 Å². The molecule has 0 bridgehead atoms. The number of hydrogen-bond acceptors (Lipinski definition) is 7. The molecule has 3 aromatic rings. The van der Waals surface area contributed by atoms with Gasteiger partial charge in [-0.2, -0.15) is 0 Å². The third kappa shape index (κ3) is 9.30. The van der Waals surface area contributed by atoms with Crippen LogP contribution in [-0.4, -0.2) is 69.0 Å². The van der Waals surface area contributed by atoms with Crippen molar-refractivity contribution in [2.75, 3.05) is 0 Å². The monoisotopic (exact) mass is 594 g/mol. The van der Waals surface area contributed by atoms with Gasteiger partial charge in [0.15, 0.2) is 0 Å². The Morgan fingerprint density at radius 1 is 0.837 bits per heavy atom. The second kappa shape index (κ2) is 14.8. The number of carbonyl (C=O) groups is 5. The maximum absolute atomic E-state index is 13.5. The van der Waals surface area contributed by atoms with Gasteiger partial charge in [-0.05, 0) is 41.7 Å². The minimum Gasteiger partial charge on any atom is -0.508 e. The first-order valence-electron chi connectivity index (χ1n) is 13.9. The number of rotatable bonds is 15. The van der Waals surface area contributed by atoms with Crippen LogP contribution in [-0.2, 0) is 36.8 Å². The lowest BCUT2D eigenvalue weighted by molar-refractivity contribution is -0.142. The molecule has 0 saturated heterocycles. The minimum absolute atomic E-state index is 0.00879. The fourth-order valence-corrected chi connectivity index (χ4v) is 4.47. The molecule has 4 amide bonds. The summed E-state index contributed by atoms with van der Waals surface area (Å²) in [5.41, 5.74) is 13.3. The van der Waals surface area contributed by atoms with Crippen molar-refractivity contribution in [2.45, 2.75) is 63.7 Å². The van der Waals surface area contributed by atoms with E-state index >= 15 is 0 Å². The number of amides is 4. The van der Waals surface area contributed by atoms with Crippen LogP contribution < -0.4 is 27.4 Å². The first-order chi connectivity index (χ1) is 20.3. The van der Waals surface area contributed by atoms with Gasteiger partial charge in [-0.3, -0.25) is 19.2 Å². The summed E-state index contributed by atoms with van der Waals surface area (Å²) in [6.07, 6.45) is 1.13. The summed E-state index contributed by atoms with van der Waals surface area (Å²) < 4.78 is 0. The molecule has 13 heteroatoms. The average Bonchev–Trinajstić information content (AvgIpc) is 3.37. The van der Waals surface area contributed by atoms with Crippen LogP contribution in [0, 0.1) is 5.92 Å². The lowest BCUT2D eigenvalue weighted by atomic mass is 10.0. The summed E-state index contributed by atoms with van der Waals surface area (Å²) in [5.74, 6) is -4.41. The van der Waals surface area contributed by atoms with Crippen LogP contribution in [0.4, 0.5) is 0 Å². The van der Waals surface area contributed by atoms with E-state index < -0.39 is 53.8 Å². The van der Waals surface area contributed by atoms with Crippen LogP contribution in [0.1, 0.15) is 37.8 Å². The highest BCUT2D eigenvalue weighted by atomic mass is 16.4. The number of fused-ring (bicyclic) bond motifs is 1. The summed E-state index contributed by atoms with van der Waals surface area (Å²) in [6.45, 7) is 3.50. The molecule has 43 heavy (non-hydrogen) atoms. The van der Waals surface area contributed by atoms with Gasteiger partial charge in [0.25, 0.3) is 0 Å². The predicted octanol–water partition coefficient (Wildman–Crippen LogP) is 0.447. The van der Waals surface area contributed by atoms with Crippen molar-refractivity contribution in [3.63, 3.8) is 0 Å². The maximum Gasteiger partial charge on any atom is 0.326 e. The molecule has 4 atom stereocenters. The fourth-order valence-electron chi connectivity index (χ4n) is 4.47. The Bertz CT molecular complexity index is 1450. The SMILES string of the molecule is CC(C)C(N)C(=O)NC(Cc1ccc(O)cc1)C(=O)NC(CCC(N)=O)C(=O)NC(Cc1c[nH]c2ccccc12)C(=O)O. The Morgan fingerprint density at radius 2 is 1.44 bits per heavy atom. The Hall–Kier alpha value is -4.91. The zero-order chi connectivity index (χ0) is 31.7. The number of phenolic OH excluding ortho intramolecular Hbond substituents is 1. The van der Waals surface area contributed by atoms with Crippen molar-refractivity contribution in [2.24, 2.45) is 17.4 Å². The van der Waals surface area contributed by atoms with Crippen LogP contribution in [0.25, 0.3) is 10.9 Å². The number of hydrogen-bond donors (Lipinski definition) is 8. The van der Waals surface area contributed by atoms with Gasteiger partial charge >= 0.3 is 5.97 Å². The van der Waals surface area contributed by atoms with E-state index in [1.807, 2.05) is 24.3 Å². The molecule has 0 radical (unpaired) electrons. The molecular weight excluding hydrogens is 556 g/mol. The number of nitrogens with one attached hydrogen (secondary N) is 4. The van der Waals surface area contributed by atoms with Crippen molar-refractivity contribution in [1.29, 1.82) is 0 Å². The first-order valence-corrected chi connectivity index (χ1v) is 13.9. The molecule has 2 aromatic carbocycles. The standard InChI is InChI=1S/C30H38N6O7/c1-16(2)26(32)29(41)35-23(13-17-7-9-19(37)10-8-17)28(40)34-22(11-12-25(31)38)27(39)36-24(30(42)43)14-18-15-33-21-6-4-3-5-20(18)21/h3-10,15-16,22-24,26,33,37H,11-14,32H2,1-2H3,(H2,31,38)(H,34,40)(H,35,41)(H,36,39)(H,42,43). The van der Waals surface area contributed by atoms with Gasteiger partial charge in [-0.25, -0.2) is 4.79 Å². The van der Waals surface area contributed by atoms with Crippen molar-refractivity contribution in [1.82, 2.24) is 20.9 Å². The number of aromatic amines is 1. The molecule has 0 saturated carbocycles. The fraction of sp³-hybridized carbons (Fsp3) is 0.367. The number of carboxylic acids is 1. The van der Waals surface area contributed by atoms with E-state index in [4.69, 9.17) is 11.5 Å². The predicted molar refractivity (Wildman–Crippen MR) is 158 cm³/mol. The Labute approximate surface area is 248 Å². The number of aromatic nitrogens is 1. The molecule has 0 aliphatic carbocycles. The molecule has 1 heterocycles. The number of H-pyrrole nitrogens is 1. The van der Waals surface area contributed by atoms with Crippen LogP contribution in [0.15, 0.2) is 54.7 Å². The van der Waals surface area contributed by atoms with E-state index in [0.29, 0.717) is 11.1 Å². The van der Waals surface area contributed by atoms with Crippen LogP contribution >= 0.6 is 0 Å². The van der Waals surface area contributed by atoms with Crippen molar-refractivity contribution >= 4 is 40.5 Å². The van der Waals surface area contributed by atoms with Gasteiger partial charge in [0.2, 0.25) is 23.6 Å². The third-order valence-electron chi connectivity index (χ3n) is 7.06. The summed E-state index contributed by atoms with van der Waals surface area (Å²) in [4.78, 5) is 66.4. The van der Waals surface area contributed by atoms with Crippen LogP contribution in [0.2, 0.25) is 0 Å². The number of para-hydroxylation sites is 1. The molecule has 0 fully saturated rings. The lowest BCUT2D eigenvalue weighted by Gasteiger charge is -2.26. The summed E-state index contributed by atoms with van der Waals surface area (Å²) in [6, 6.07) is 8.51. The van der Waals surface area contributed by atoms with Gasteiger partial charge in [-0.15, -0.1) is 0 Å². The molecule has 4 unspecified atom stereocenters. The Balaban J connectivity index is 1.81. The van der Waals surface area contributed by atoms with E-state index in [-0.39, 0.29) is 37.4 Å². The number of aromatic hydroxyl groups is 1. The summed E-state index contributed by atoms with van der Waals surface area (Å²) in [7, 11) is 0. The molecule has 0 spiro atoms. The van der Waals surface area contributed by atoms with Crippen molar-refractivity contribution < 1.29 is 34.2 Å². The van der Waals surface area contributed by atoms with Gasteiger partial charge in [-0.1, -0.05) is 44.2 Å². The smallest absolute Gasteiger partial charge is 0.326 e. The first kappa shape index (κ1) is 32.6. The molecule has 10 N–H and O–H groups in total. The topological polar surface area (TPSA) is 230 Å². The van der Waals surface area contributed by atoms with Gasteiger partial charge in [0.05, 0.1) is 6.04 Å². The van der Waals surface area contributed by atoms with Crippen molar-refractivity contribution in [3.05, 3.63) is 65.9 Å². The molecule has 3 rings (SSSR count). The summed E-state index contributed by atoms with van der Waals surface area (Å²) in [5, 5.41) is 27.9. The highest BCUT2D eigenvalue weighted by Gasteiger charge is 2.31. The number of primary amides is 1. The molecule has 0 aliphatic heterocycles. The zero-order valence-electron chi connectivity index (χ0n) is 24.0. The van der Waals surface area contributed by atoms with E-state index in [1.54, 1.807) is 32.2 Å². The normalized spacial score (nSPS) is 14.0. The number of carboxylic acid groups (broad SMARTS) is 1. The second-order valence-corrected chi connectivity index (χ2v) is 10.7. The average molecular weight is 595 g/mol. The molecule has 13 nitrogen and oxygen atoms in total. The number of aliphatic carboxylic acids is 1. The van der Waals surface area contributed by atoms with E-state index in [2.05, 4.69) is 20.9 Å². The largest absolute Gasteiger partial charge is 0.508 e. The van der Waals surface area contributed by atoms with Crippen molar-refractivity contribution in [3.8, 4) is 5.75 Å². The highest BCUT2D eigenvalue weighted by molar-refractivity contribution is 5.95. The van der Waals surface area contributed by atoms with Gasteiger partial charge < -0.3 is 42.6 Å². The summed E-state index contributed by atoms with van der Waals surface area (Å²) >= 11 is 0. The second-order valence-electron chi connectivity index (χ2n) is 10.7. The Morgan fingerprint density at radius 3 is 2.07 bits per heavy atom. The third-order valence-corrected chi connectivity index (χ3v) is 7.06. The Kier molecular flexibility index (Phi) is 11.2. The number of carbonyl (C=O) groups excluding carboxylic acids is 4. The lowest BCUT2D eigenvalue weighted by Crippen LogP contribution is -2.58. The van der Waals surface area contributed by atoms with E-state index in [0.717, 1.165) is 10.9 Å². The number of nitrogens with two attached hydrogens (primary N) is 2. The molecular formula is C30H38N6O7. The quantitative estimate of drug-likeness (QED) is 0.123. The van der Waals surface area contributed by atoms with E-state index in [9.17, 15) is 34.2 Å². The van der Waals surface area contributed by atoms with E-state index in [1.165, 1.54) is 12.1 Å². The molecule has 0 aliphatic rings. The van der Waals surface area contributed by atoms with Crippen LogP contribution in [0.3, 0.4) is 0 Å². The maximum atomic E-state index is 13.5. The van der Waals surface area contributed by atoms with Gasteiger partial charge in [0.1, 0.15) is 23.9 Å².